The SMILES string of the molecule is CN(C)NS(=O)(=O)c1cc(Cl)cc(C(=O)O)c1F. The Morgan fingerprint density at radius 3 is 2.44 bits per heavy atom. The van der Waals surface area contributed by atoms with Crippen molar-refractivity contribution in [1.82, 2.24) is 9.84 Å². The molecule has 100 valence electrons. The first-order valence-corrected chi connectivity index (χ1v) is 6.43. The number of rotatable bonds is 4. The molecule has 0 saturated heterocycles. The zero-order valence-corrected chi connectivity index (χ0v) is 11.0. The molecule has 1 aromatic rings. The van der Waals surface area contributed by atoms with Crippen molar-refractivity contribution < 1.29 is 22.7 Å². The van der Waals surface area contributed by atoms with Crippen LogP contribution in [0.1, 0.15) is 10.4 Å². The number of hydrogen-bond donors (Lipinski definition) is 2. The number of carboxylic acids is 1. The fourth-order valence-electron chi connectivity index (χ4n) is 1.20. The molecule has 18 heavy (non-hydrogen) atoms. The van der Waals surface area contributed by atoms with Crippen molar-refractivity contribution in [2.75, 3.05) is 14.1 Å². The Balaban J connectivity index is 3.47. The first-order valence-electron chi connectivity index (χ1n) is 4.57. The number of sulfonamides is 1. The summed E-state index contributed by atoms with van der Waals surface area (Å²) in [7, 11) is -1.44. The van der Waals surface area contributed by atoms with Crippen LogP contribution < -0.4 is 4.83 Å². The van der Waals surface area contributed by atoms with Crippen molar-refractivity contribution in [3.63, 3.8) is 0 Å². The predicted molar refractivity (Wildman–Crippen MR) is 62.4 cm³/mol. The lowest BCUT2D eigenvalue weighted by molar-refractivity contribution is 0.0691. The summed E-state index contributed by atoms with van der Waals surface area (Å²) >= 11 is 5.57. The molecular formula is C9H10ClFN2O4S. The Labute approximate surface area is 108 Å². The second-order valence-corrected chi connectivity index (χ2v) is 5.63. The number of halogens is 2. The lowest BCUT2D eigenvalue weighted by atomic mass is 10.2. The van der Waals surface area contributed by atoms with Crippen molar-refractivity contribution in [2.24, 2.45) is 0 Å². The van der Waals surface area contributed by atoms with Gasteiger partial charge in [0.2, 0.25) is 0 Å². The van der Waals surface area contributed by atoms with Crippen molar-refractivity contribution >= 4 is 27.6 Å². The van der Waals surface area contributed by atoms with Gasteiger partial charge in [0.25, 0.3) is 10.0 Å². The van der Waals surface area contributed by atoms with Gasteiger partial charge in [-0.1, -0.05) is 11.6 Å². The van der Waals surface area contributed by atoms with Gasteiger partial charge in [-0.3, -0.25) is 0 Å². The Morgan fingerprint density at radius 1 is 1.44 bits per heavy atom. The smallest absolute Gasteiger partial charge is 0.338 e. The summed E-state index contributed by atoms with van der Waals surface area (Å²) in [6.45, 7) is 0. The molecule has 0 aliphatic heterocycles. The van der Waals surface area contributed by atoms with Crippen LogP contribution in [0.15, 0.2) is 17.0 Å². The molecule has 1 rings (SSSR count). The molecule has 0 amide bonds. The molecule has 0 unspecified atom stereocenters. The molecule has 0 atom stereocenters. The van der Waals surface area contributed by atoms with Gasteiger partial charge in [0.1, 0.15) is 4.90 Å². The van der Waals surface area contributed by atoms with Crippen LogP contribution in [0.4, 0.5) is 4.39 Å². The van der Waals surface area contributed by atoms with E-state index in [2.05, 4.69) is 0 Å². The molecule has 0 aromatic heterocycles. The topological polar surface area (TPSA) is 86.7 Å². The summed E-state index contributed by atoms with van der Waals surface area (Å²) in [5.74, 6) is -2.96. The number of nitrogens with zero attached hydrogens (tertiary/aromatic N) is 1. The highest BCUT2D eigenvalue weighted by molar-refractivity contribution is 7.89. The van der Waals surface area contributed by atoms with E-state index in [4.69, 9.17) is 16.7 Å². The number of carboxylic acid groups (broad SMARTS) is 1. The quantitative estimate of drug-likeness (QED) is 0.807. The summed E-state index contributed by atoms with van der Waals surface area (Å²) in [5.41, 5.74) is -0.804. The monoisotopic (exact) mass is 296 g/mol. The lowest BCUT2D eigenvalue weighted by Crippen LogP contribution is -2.36. The molecular weight excluding hydrogens is 287 g/mol. The van der Waals surface area contributed by atoms with Gasteiger partial charge in [0.05, 0.1) is 5.56 Å². The number of carbonyl (C=O) groups is 1. The van der Waals surface area contributed by atoms with Gasteiger partial charge < -0.3 is 5.11 Å². The summed E-state index contributed by atoms with van der Waals surface area (Å²) < 4.78 is 37.3. The van der Waals surface area contributed by atoms with Crippen molar-refractivity contribution in [3.8, 4) is 0 Å². The Hall–Kier alpha value is -1.22. The molecule has 0 aliphatic rings. The van der Waals surface area contributed by atoms with E-state index in [-0.39, 0.29) is 5.02 Å². The van der Waals surface area contributed by atoms with Crippen molar-refractivity contribution in [2.45, 2.75) is 4.90 Å². The van der Waals surface area contributed by atoms with Crippen LogP contribution in [0.5, 0.6) is 0 Å². The highest BCUT2D eigenvalue weighted by Gasteiger charge is 2.25. The van der Waals surface area contributed by atoms with E-state index >= 15 is 0 Å². The fourth-order valence-corrected chi connectivity index (χ4v) is 2.69. The summed E-state index contributed by atoms with van der Waals surface area (Å²) in [4.78, 5) is 11.9. The summed E-state index contributed by atoms with van der Waals surface area (Å²) in [5, 5.41) is 9.63. The van der Waals surface area contributed by atoms with Crippen LogP contribution in [0, 0.1) is 5.82 Å². The van der Waals surface area contributed by atoms with Crippen LogP contribution in [0.2, 0.25) is 5.02 Å². The van der Waals surface area contributed by atoms with E-state index in [9.17, 15) is 17.6 Å². The molecule has 0 heterocycles. The van der Waals surface area contributed by atoms with Crippen LogP contribution in [0.3, 0.4) is 0 Å². The molecule has 1 aromatic carbocycles. The Bertz CT molecular complexity index is 588. The number of hydrazine groups is 1. The predicted octanol–water partition coefficient (Wildman–Crippen LogP) is 0.932. The van der Waals surface area contributed by atoms with E-state index in [1.807, 2.05) is 4.83 Å². The van der Waals surface area contributed by atoms with Gasteiger partial charge in [0, 0.05) is 19.1 Å². The van der Waals surface area contributed by atoms with Crippen LogP contribution in [-0.4, -0.2) is 38.6 Å². The molecule has 0 bridgehead atoms. The number of benzene rings is 1. The van der Waals surface area contributed by atoms with E-state index in [0.717, 1.165) is 17.1 Å². The second-order valence-electron chi connectivity index (χ2n) is 3.56. The molecule has 0 radical (unpaired) electrons. The van der Waals surface area contributed by atoms with Gasteiger partial charge in [-0.05, 0) is 12.1 Å². The largest absolute Gasteiger partial charge is 0.478 e. The van der Waals surface area contributed by atoms with Gasteiger partial charge in [-0.2, -0.15) is 0 Å². The van der Waals surface area contributed by atoms with Crippen LogP contribution in [-0.2, 0) is 10.0 Å². The van der Waals surface area contributed by atoms with E-state index in [1.165, 1.54) is 14.1 Å². The average Bonchev–Trinajstić information content (AvgIpc) is 2.18. The van der Waals surface area contributed by atoms with Crippen LogP contribution >= 0.6 is 11.6 Å². The van der Waals surface area contributed by atoms with E-state index in [1.54, 1.807) is 0 Å². The number of hydrogen-bond acceptors (Lipinski definition) is 4. The molecule has 0 saturated carbocycles. The highest BCUT2D eigenvalue weighted by Crippen LogP contribution is 2.23. The van der Waals surface area contributed by atoms with Crippen molar-refractivity contribution in [1.29, 1.82) is 0 Å². The molecule has 0 spiro atoms. The minimum atomic E-state index is -4.22. The summed E-state index contributed by atoms with van der Waals surface area (Å²) in [6.07, 6.45) is 0. The highest BCUT2D eigenvalue weighted by atomic mass is 35.5. The van der Waals surface area contributed by atoms with E-state index in [0.29, 0.717) is 0 Å². The third-order valence-electron chi connectivity index (χ3n) is 1.83. The maximum absolute atomic E-state index is 13.8. The lowest BCUT2D eigenvalue weighted by Gasteiger charge is -2.14. The van der Waals surface area contributed by atoms with Gasteiger partial charge in [-0.15, -0.1) is 4.83 Å². The third-order valence-corrected chi connectivity index (χ3v) is 3.53. The zero-order valence-electron chi connectivity index (χ0n) is 9.44. The number of nitrogens with one attached hydrogen (secondary N) is 1. The minimum Gasteiger partial charge on any atom is -0.478 e. The van der Waals surface area contributed by atoms with Crippen LogP contribution in [0.25, 0.3) is 0 Å². The maximum Gasteiger partial charge on any atom is 0.338 e. The average molecular weight is 297 g/mol. The maximum atomic E-state index is 13.8. The third kappa shape index (κ3) is 3.16. The summed E-state index contributed by atoms with van der Waals surface area (Å²) in [6, 6.07) is 1.68. The molecule has 2 N–H and O–H groups in total. The molecule has 0 fully saturated rings. The van der Waals surface area contributed by atoms with E-state index < -0.39 is 32.3 Å². The van der Waals surface area contributed by atoms with Gasteiger partial charge >= 0.3 is 5.97 Å². The van der Waals surface area contributed by atoms with Crippen molar-refractivity contribution in [3.05, 3.63) is 28.5 Å². The first-order chi connectivity index (χ1) is 8.15. The minimum absolute atomic E-state index is 0.187. The Morgan fingerprint density at radius 2 is 2.00 bits per heavy atom. The first kappa shape index (κ1) is 14.8. The molecule has 0 aliphatic carbocycles. The standard InChI is InChI=1S/C9H10ClFN2O4S/c1-13(2)12-18(16,17)7-4-5(10)3-6(8(7)11)9(14)15/h3-4,12H,1-2H3,(H,14,15). The molecule has 9 heteroatoms. The second kappa shape index (κ2) is 5.19. The Kier molecular flexibility index (Phi) is 4.28. The zero-order chi connectivity index (χ0) is 14.1. The molecule has 6 nitrogen and oxygen atoms in total. The number of aromatic carboxylic acids is 1. The van der Waals surface area contributed by atoms with Gasteiger partial charge in [-0.25, -0.2) is 22.6 Å². The fraction of sp³-hybridized carbons (Fsp3) is 0.222. The van der Waals surface area contributed by atoms with Gasteiger partial charge in [0.15, 0.2) is 5.82 Å². The normalized spacial score (nSPS) is 11.8.